The third kappa shape index (κ3) is 3.48. The van der Waals surface area contributed by atoms with Crippen LogP contribution in [-0.4, -0.2) is 50.7 Å². The molecule has 1 unspecified atom stereocenters. The molecule has 1 aromatic carbocycles. The minimum atomic E-state index is -1.28. The average Bonchev–Trinajstić information content (AvgIpc) is 3.05. The maximum Gasteiger partial charge on any atom is 0.129 e. The molecule has 0 bridgehead atoms. The van der Waals surface area contributed by atoms with Crippen molar-refractivity contribution < 1.29 is 5.11 Å². The molecule has 3 aromatic rings. The van der Waals surface area contributed by atoms with E-state index in [1.54, 1.807) is 6.20 Å². The minimum Gasteiger partial charge on any atom is -0.379 e. The van der Waals surface area contributed by atoms with Gasteiger partial charge in [0, 0.05) is 44.4 Å². The van der Waals surface area contributed by atoms with Gasteiger partial charge in [0.2, 0.25) is 0 Å². The highest BCUT2D eigenvalue weighted by molar-refractivity contribution is 6.30. The Balaban J connectivity index is 1.77. The van der Waals surface area contributed by atoms with Gasteiger partial charge in [0.1, 0.15) is 11.4 Å². The maximum atomic E-state index is 12.0. The molecule has 0 radical (unpaired) electrons. The molecule has 6 nitrogen and oxygen atoms in total. The Hall–Kier alpha value is -2.51. The van der Waals surface area contributed by atoms with E-state index in [1.807, 2.05) is 49.9 Å². The predicted molar refractivity (Wildman–Crippen MR) is 127 cm³/mol. The van der Waals surface area contributed by atoms with Crippen LogP contribution >= 0.6 is 11.6 Å². The lowest BCUT2D eigenvalue weighted by Gasteiger charge is -2.36. The van der Waals surface area contributed by atoms with Gasteiger partial charge in [0.15, 0.2) is 0 Å². The topological polar surface area (TPSA) is 66.2 Å². The van der Waals surface area contributed by atoms with Crippen molar-refractivity contribution in [3.05, 3.63) is 81.7 Å². The molecule has 166 valence electrons. The fourth-order valence-electron chi connectivity index (χ4n) is 4.97. The van der Waals surface area contributed by atoms with Gasteiger partial charge in [-0.15, -0.1) is 0 Å². The van der Waals surface area contributed by atoms with E-state index in [9.17, 15) is 5.11 Å². The van der Waals surface area contributed by atoms with E-state index in [-0.39, 0.29) is 6.04 Å². The van der Waals surface area contributed by atoms with Gasteiger partial charge < -0.3 is 15.0 Å². The van der Waals surface area contributed by atoms with Crippen LogP contribution in [0.1, 0.15) is 46.9 Å². The van der Waals surface area contributed by atoms with Gasteiger partial charge in [-0.1, -0.05) is 23.7 Å². The van der Waals surface area contributed by atoms with Crippen LogP contribution in [0.2, 0.25) is 5.02 Å². The molecule has 5 rings (SSSR count). The van der Waals surface area contributed by atoms with Gasteiger partial charge in [-0.2, -0.15) is 0 Å². The Morgan fingerprint density at radius 1 is 1.19 bits per heavy atom. The second-order valence-corrected chi connectivity index (χ2v) is 9.21. The summed E-state index contributed by atoms with van der Waals surface area (Å²) in [6, 6.07) is 10.0. The van der Waals surface area contributed by atoms with E-state index in [4.69, 9.17) is 16.6 Å². The highest BCUT2D eigenvalue weighted by Gasteiger charge is 2.38. The molecule has 1 aliphatic heterocycles. The van der Waals surface area contributed by atoms with Crippen molar-refractivity contribution in [2.45, 2.75) is 25.5 Å². The van der Waals surface area contributed by atoms with E-state index in [1.165, 1.54) is 0 Å². The van der Waals surface area contributed by atoms with Gasteiger partial charge in [0.25, 0.3) is 0 Å². The summed E-state index contributed by atoms with van der Waals surface area (Å²) in [7, 11) is 1.93. The highest BCUT2D eigenvalue weighted by atomic mass is 35.5. The number of benzene rings is 1. The largest absolute Gasteiger partial charge is 0.379 e. The van der Waals surface area contributed by atoms with Crippen LogP contribution in [0, 0.1) is 6.92 Å². The van der Waals surface area contributed by atoms with Gasteiger partial charge in [-0.25, -0.2) is 4.98 Å². The molecular weight excluding hydrogens is 422 g/mol. The van der Waals surface area contributed by atoms with E-state index < -0.39 is 5.60 Å². The van der Waals surface area contributed by atoms with Crippen LogP contribution in [0.15, 0.2) is 42.7 Å². The quantitative estimate of drug-likeness (QED) is 0.640. The van der Waals surface area contributed by atoms with Gasteiger partial charge in [-0.3, -0.25) is 9.88 Å². The lowest BCUT2D eigenvalue weighted by atomic mass is 9.84. The van der Waals surface area contributed by atoms with Crippen LogP contribution < -0.4 is 5.32 Å². The summed E-state index contributed by atoms with van der Waals surface area (Å²) < 4.78 is 1.94. The Morgan fingerprint density at radius 3 is 2.69 bits per heavy atom. The summed E-state index contributed by atoms with van der Waals surface area (Å²) in [4.78, 5) is 11.7. The first-order valence-corrected chi connectivity index (χ1v) is 11.4. The van der Waals surface area contributed by atoms with Crippen molar-refractivity contribution in [3.8, 4) is 0 Å². The number of hydrogen-bond acceptors (Lipinski definition) is 5. The van der Waals surface area contributed by atoms with Crippen LogP contribution in [0.25, 0.3) is 11.6 Å². The molecule has 1 saturated heterocycles. The fraction of sp³-hybridized carbons (Fsp3) is 0.360. The molecule has 3 heterocycles. The summed E-state index contributed by atoms with van der Waals surface area (Å²) in [6.45, 7) is 7.50. The maximum absolute atomic E-state index is 12.0. The molecule has 2 N–H and O–H groups in total. The number of aromatic nitrogens is 3. The molecule has 2 atom stereocenters. The molecule has 2 aromatic heterocycles. The molecule has 0 spiro atoms. The van der Waals surface area contributed by atoms with Crippen LogP contribution in [0.3, 0.4) is 0 Å². The monoisotopic (exact) mass is 449 g/mol. The number of rotatable bonds is 3. The SMILES string of the molecule is Cc1ncc(C(C)(O)C2=Cc3cccnc3[C@@H](N3CCNCC3)c3ccc(Cl)cc32)n1C. The summed E-state index contributed by atoms with van der Waals surface area (Å²) >= 11 is 6.51. The number of pyridine rings is 1. The van der Waals surface area contributed by atoms with E-state index in [0.29, 0.717) is 5.02 Å². The molecule has 0 saturated carbocycles. The summed E-state index contributed by atoms with van der Waals surface area (Å²) in [6.07, 6.45) is 5.68. The lowest BCUT2D eigenvalue weighted by Crippen LogP contribution is -2.45. The van der Waals surface area contributed by atoms with Crippen molar-refractivity contribution >= 4 is 23.3 Å². The Kier molecular flexibility index (Phi) is 5.42. The number of halogens is 1. The molecule has 1 aliphatic carbocycles. The third-order valence-corrected chi connectivity index (χ3v) is 7.03. The van der Waals surface area contributed by atoms with E-state index >= 15 is 0 Å². The molecule has 32 heavy (non-hydrogen) atoms. The molecular formula is C25H28ClN5O. The zero-order valence-electron chi connectivity index (χ0n) is 18.6. The fourth-order valence-corrected chi connectivity index (χ4v) is 5.14. The lowest BCUT2D eigenvalue weighted by molar-refractivity contribution is 0.114. The predicted octanol–water partition coefficient (Wildman–Crippen LogP) is 3.53. The number of piperazine rings is 1. The van der Waals surface area contributed by atoms with Crippen LogP contribution in [0.5, 0.6) is 0 Å². The smallest absolute Gasteiger partial charge is 0.129 e. The number of fused-ring (bicyclic) bond motifs is 2. The molecule has 0 amide bonds. The highest BCUT2D eigenvalue weighted by Crippen LogP contribution is 2.46. The molecule has 2 aliphatic rings. The number of nitrogens with one attached hydrogen (secondary N) is 1. The Bertz CT molecular complexity index is 1190. The minimum absolute atomic E-state index is 0.0154. The number of nitrogens with zero attached hydrogens (tertiary/aromatic N) is 4. The van der Waals surface area contributed by atoms with Crippen molar-refractivity contribution in [1.82, 2.24) is 24.8 Å². The number of aryl methyl sites for hydroxylation is 1. The van der Waals surface area contributed by atoms with Gasteiger partial charge in [-0.05, 0) is 60.4 Å². The normalized spacial score (nSPS) is 20.7. The second-order valence-electron chi connectivity index (χ2n) is 8.78. The number of imidazole rings is 1. The third-order valence-electron chi connectivity index (χ3n) is 6.79. The molecule has 7 heteroatoms. The average molecular weight is 450 g/mol. The van der Waals surface area contributed by atoms with Crippen molar-refractivity contribution in [1.29, 1.82) is 0 Å². The zero-order valence-corrected chi connectivity index (χ0v) is 19.4. The van der Waals surface area contributed by atoms with Gasteiger partial charge >= 0.3 is 0 Å². The van der Waals surface area contributed by atoms with Crippen molar-refractivity contribution in [2.24, 2.45) is 7.05 Å². The summed E-state index contributed by atoms with van der Waals surface area (Å²) in [5.41, 5.74) is 4.33. The second kappa shape index (κ2) is 8.12. The Labute approximate surface area is 193 Å². The number of hydrogen-bond donors (Lipinski definition) is 2. The van der Waals surface area contributed by atoms with Gasteiger partial charge in [0.05, 0.1) is 23.6 Å². The standard InChI is InChI=1S/C25H28ClN5O/c1-16-29-15-22(30(16)3)25(2,32)21-13-17-5-4-8-28-23(17)24(31-11-9-27-10-12-31)19-7-6-18(26)14-20(19)21/h4-8,13-15,24,27,32H,9-12H2,1-3H3/t24-,25?/m0/s1. The summed E-state index contributed by atoms with van der Waals surface area (Å²) in [5, 5.41) is 16.1. The Morgan fingerprint density at radius 2 is 1.97 bits per heavy atom. The van der Waals surface area contributed by atoms with Crippen molar-refractivity contribution in [2.75, 3.05) is 26.2 Å². The van der Waals surface area contributed by atoms with Crippen molar-refractivity contribution in [3.63, 3.8) is 0 Å². The first-order valence-electron chi connectivity index (χ1n) is 11.0. The van der Waals surface area contributed by atoms with Crippen LogP contribution in [-0.2, 0) is 12.6 Å². The zero-order chi connectivity index (χ0) is 22.5. The molecule has 1 fully saturated rings. The van der Waals surface area contributed by atoms with E-state index in [2.05, 4.69) is 33.4 Å². The summed E-state index contributed by atoms with van der Waals surface area (Å²) in [5.74, 6) is 0.849. The number of aliphatic hydroxyl groups is 1. The van der Waals surface area contributed by atoms with E-state index in [0.717, 1.165) is 65.7 Å². The first-order chi connectivity index (χ1) is 15.4. The first kappa shape index (κ1) is 21.3. The van der Waals surface area contributed by atoms with Crippen LogP contribution in [0.4, 0.5) is 0 Å².